The zero-order chi connectivity index (χ0) is 12.7. The van der Waals surface area contributed by atoms with E-state index in [2.05, 4.69) is 23.8 Å². The zero-order valence-electron chi connectivity index (χ0n) is 11.4. The molecule has 1 saturated heterocycles. The molecule has 0 aromatic heterocycles. The van der Waals surface area contributed by atoms with Gasteiger partial charge in [-0.2, -0.15) is 0 Å². The molecule has 0 aromatic rings. The van der Waals surface area contributed by atoms with E-state index < -0.39 is 0 Å². The van der Waals surface area contributed by atoms with Gasteiger partial charge in [-0.3, -0.25) is 4.79 Å². The van der Waals surface area contributed by atoms with Crippen molar-refractivity contribution in [3.05, 3.63) is 0 Å². The van der Waals surface area contributed by atoms with Crippen molar-refractivity contribution in [3.63, 3.8) is 0 Å². The predicted molar refractivity (Wildman–Crippen MR) is 69.0 cm³/mol. The van der Waals surface area contributed by atoms with Crippen LogP contribution >= 0.6 is 0 Å². The minimum absolute atomic E-state index is 0.0898. The van der Waals surface area contributed by atoms with E-state index in [4.69, 9.17) is 4.74 Å². The summed E-state index contributed by atoms with van der Waals surface area (Å²) >= 11 is 0. The van der Waals surface area contributed by atoms with Gasteiger partial charge in [0.2, 0.25) is 0 Å². The molecule has 17 heavy (non-hydrogen) atoms. The fraction of sp³-hybridized carbons (Fsp3) is 0.923. The maximum Gasteiger partial charge on any atom is 0.307 e. The average molecular weight is 242 g/mol. The van der Waals surface area contributed by atoms with Gasteiger partial charge in [0.05, 0.1) is 13.0 Å². The van der Waals surface area contributed by atoms with Gasteiger partial charge in [-0.25, -0.2) is 0 Å². The maximum atomic E-state index is 11.4. The Labute approximate surface area is 105 Å². The molecular weight excluding hydrogens is 216 g/mol. The number of hydrogen-bond acceptors (Lipinski definition) is 4. The highest BCUT2D eigenvalue weighted by Crippen LogP contribution is 2.08. The van der Waals surface area contributed by atoms with Gasteiger partial charge in [0.25, 0.3) is 0 Å². The molecule has 0 bridgehead atoms. The lowest BCUT2D eigenvalue weighted by atomic mass is 10.2. The van der Waals surface area contributed by atoms with Crippen LogP contribution in [0.4, 0.5) is 0 Å². The lowest BCUT2D eigenvalue weighted by Crippen LogP contribution is -2.37. The number of nitrogens with zero attached hydrogens (tertiary/aromatic N) is 2. The number of likely N-dealkylation sites (N-methyl/N-ethyl adjacent to an activating group) is 1. The molecule has 0 N–H and O–H groups in total. The van der Waals surface area contributed by atoms with Crippen molar-refractivity contribution in [3.8, 4) is 0 Å². The van der Waals surface area contributed by atoms with Crippen molar-refractivity contribution in [2.75, 3.05) is 39.8 Å². The highest BCUT2D eigenvalue weighted by molar-refractivity contribution is 5.69. The van der Waals surface area contributed by atoms with Crippen LogP contribution in [0.1, 0.15) is 33.1 Å². The van der Waals surface area contributed by atoms with E-state index >= 15 is 0 Å². The Bertz CT molecular complexity index is 227. The topological polar surface area (TPSA) is 32.8 Å². The second-order valence-corrected chi connectivity index (χ2v) is 4.89. The van der Waals surface area contributed by atoms with Gasteiger partial charge in [-0.05, 0) is 46.8 Å². The summed E-state index contributed by atoms with van der Waals surface area (Å²) in [5, 5.41) is 0. The number of hydrogen-bond donors (Lipinski definition) is 0. The van der Waals surface area contributed by atoms with E-state index in [0.29, 0.717) is 13.0 Å². The lowest BCUT2D eigenvalue weighted by molar-refractivity contribution is -0.144. The molecule has 1 aliphatic rings. The van der Waals surface area contributed by atoms with E-state index in [-0.39, 0.29) is 12.0 Å². The first-order valence-corrected chi connectivity index (χ1v) is 6.71. The molecule has 0 amide bonds. The highest BCUT2D eigenvalue weighted by Gasteiger charge is 2.16. The highest BCUT2D eigenvalue weighted by atomic mass is 16.5. The number of carbonyl (C=O) groups is 1. The van der Waals surface area contributed by atoms with Crippen LogP contribution < -0.4 is 0 Å². The van der Waals surface area contributed by atoms with Crippen LogP contribution in [0.5, 0.6) is 0 Å². The van der Waals surface area contributed by atoms with Crippen LogP contribution in [0.15, 0.2) is 0 Å². The van der Waals surface area contributed by atoms with Gasteiger partial charge in [0.15, 0.2) is 0 Å². The number of ether oxygens (including phenoxy) is 1. The van der Waals surface area contributed by atoms with Crippen LogP contribution in [0.3, 0.4) is 0 Å². The third-order valence-electron chi connectivity index (χ3n) is 3.49. The number of esters is 1. The van der Waals surface area contributed by atoms with Crippen LogP contribution in [0.25, 0.3) is 0 Å². The van der Waals surface area contributed by atoms with Gasteiger partial charge < -0.3 is 14.5 Å². The van der Waals surface area contributed by atoms with Crippen molar-refractivity contribution in [1.82, 2.24) is 9.80 Å². The Morgan fingerprint density at radius 1 is 1.41 bits per heavy atom. The third kappa shape index (κ3) is 5.50. The zero-order valence-corrected chi connectivity index (χ0v) is 11.4. The SMILES string of the molecule is CCOC(=O)CC(C)N(C)CCN1CCCC1. The molecule has 4 nitrogen and oxygen atoms in total. The van der Waals surface area contributed by atoms with Crippen molar-refractivity contribution < 1.29 is 9.53 Å². The quantitative estimate of drug-likeness (QED) is 0.631. The molecule has 1 aliphatic heterocycles. The van der Waals surface area contributed by atoms with Crippen LogP contribution in [-0.4, -0.2) is 61.6 Å². The van der Waals surface area contributed by atoms with Crippen molar-refractivity contribution in [2.45, 2.75) is 39.2 Å². The molecule has 0 radical (unpaired) electrons. The Morgan fingerprint density at radius 2 is 2.06 bits per heavy atom. The third-order valence-corrected chi connectivity index (χ3v) is 3.49. The second-order valence-electron chi connectivity index (χ2n) is 4.89. The normalized spacial score (nSPS) is 18.6. The molecule has 0 spiro atoms. The Hall–Kier alpha value is -0.610. The van der Waals surface area contributed by atoms with E-state index in [1.54, 1.807) is 0 Å². The van der Waals surface area contributed by atoms with Crippen LogP contribution in [-0.2, 0) is 9.53 Å². The van der Waals surface area contributed by atoms with E-state index in [1.807, 2.05) is 6.92 Å². The minimum atomic E-state index is -0.0898. The average Bonchev–Trinajstić information content (AvgIpc) is 2.78. The van der Waals surface area contributed by atoms with E-state index in [1.165, 1.54) is 25.9 Å². The van der Waals surface area contributed by atoms with Crippen molar-refractivity contribution >= 4 is 5.97 Å². The van der Waals surface area contributed by atoms with Gasteiger partial charge in [-0.15, -0.1) is 0 Å². The van der Waals surface area contributed by atoms with Crippen LogP contribution in [0, 0.1) is 0 Å². The summed E-state index contributed by atoms with van der Waals surface area (Å²) in [4.78, 5) is 16.1. The molecule has 1 rings (SSSR count). The Balaban J connectivity index is 2.16. The number of rotatable bonds is 7. The Kier molecular flexibility index (Phi) is 6.52. The van der Waals surface area contributed by atoms with Gasteiger partial charge >= 0.3 is 5.97 Å². The molecule has 0 aliphatic carbocycles. The maximum absolute atomic E-state index is 11.4. The number of carbonyl (C=O) groups excluding carboxylic acids is 1. The standard InChI is InChI=1S/C13H26N2O2/c1-4-17-13(16)11-12(2)14(3)9-10-15-7-5-6-8-15/h12H,4-11H2,1-3H3. The summed E-state index contributed by atoms with van der Waals surface area (Å²) in [7, 11) is 2.08. The smallest absolute Gasteiger partial charge is 0.307 e. The molecule has 4 heteroatoms. The number of likely N-dealkylation sites (tertiary alicyclic amines) is 1. The molecule has 1 unspecified atom stereocenters. The van der Waals surface area contributed by atoms with Gasteiger partial charge in [-0.1, -0.05) is 0 Å². The fourth-order valence-corrected chi connectivity index (χ4v) is 2.14. The van der Waals surface area contributed by atoms with Gasteiger partial charge in [0.1, 0.15) is 0 Å². The molecule has 0 aromatic carbocycles. The first-order chi connectivity index (χ1) is 8.13. The van der Waals surface area contributed by atoms with Crippen LogP contribution in [0.2, 0.25) is 0 Å². The minimum Gasteiger partial charge on any atom is -0.466 e. The molecule has 100 valence electrons. The lowest BCUT2D eigenvalue weighted by Gasteiger charge is -2.26. The first-order valence-electron chi connectivity index (χ1n) is 6.71. The van der Waals surface area contributed by atoms with Crippen molar-refractivity contribution in [1.29, 1.82) is 0 Å². The van der Waals surface area contributed by atoms with Crippen molar-refractivity contribution in [2.24, 2.45) is 0 Å². The Morgan fingerprint density at radius 3 is 2.65 bits per heavy atom. The molecular formula is C13H26N2O2. The molecule has 1 atom stereocenters. The largest absolute Gasteiger partial charge is 0.466 e. The summed E-state index contributed by atoms with van der Waals surface area (Å²) < 4.78 is 4.96. The molecule has 1 heterocycles. The first kappa shape index (κ1) is 14.5. The fourth-order valence-electron chi connectivity index (χ4n) is 2.14. The second kappa shape index (κ2) is 7.67. The predicted octanol–water partition coefficient (Wildman–Crippen LogP) is 1.36. The van der Waals surface area contributed by atoms with E-state index in [0.717, 1.165) is 13.1 Å². The summed E-state index contributed by atoms with van der Waals surface area (Å²) in [5.74, 6) is -0.0898. The summed E-state index contributed by atoms with van der Waals surface area (Å²) in [6, 6.07) is 0.261. The van der Waals surface area contributed by atoms with E-state index in [9.17, 15) is 4.79 Å². The summed E-state index contributed by atoms with van der Waals surface area (Å²) in [6.45, 7) is 9.02. The molecule has 0 saturated carbocycles. The summed E-state index contributed by atoms with van der Waals surface area (Å²) in [5.41, 5.74) is 0. The van der Waals surface area contributed by atoms with Gasteiger partial charge in [0, 0.05) is 19.1 Å². The molecule has 1 fully saturated rings. The summed E-state index contributed by atoms with van der Waals surface area (Å²) in [6.07, 6.45) is 3.16. The monoisotopic (exact) mass is 242 g/mol.